The normalized spacial score (nSPS) is 15.8. The largest absolute Gasteiger partial charge is 0.481 e. The molecule has 25 heavy (non-hydrogen) atoms. The van der Waals surface area contributed by atoms with E-state index in [2.05, 4.69) is 19.1 Å². The van der Waals surface area contributed by atoms with E-state index in [4.69, 9.17) is 9.84 Å². The standard InChI is InChI=1S/C20H30O5/c1-3-4-5-10-18-16(11-13-19(18)22)8-6-7-9-17(25-15(2)21)12-14-20(23)24/h4-5,17H,3,6-14H2,1-2H3,(H,23,24). The van der Waals surface area contributed by atoms with Crippen molar-refractivity contribution in [3.63, 3.8) is 0 Å². The Morgan fingerprint density at radius 3 is 2.60 bits per heavy atom. The van der Waals surface area contributed by atoms with E-state index in [1.54, 1.807) is 0 Å². The summed E-state index contributed by atoms with van der Waals surface area (Å²) in [6.45, 7) is 3.42. The highest BCUT2D eigenvalue weighted by Gasteiger charge is 2.21. The number of rotatable bonds is 12. The molecule has 0 aromatic carbocycles. The van der Waals surface area contributed by atoms with Crippen LogP contribution in [0.25, 0.3) is 0 Å². The van der Waals surface area contributed by atoms with E-state index in [0.717, 1.165) is 44.1 Å². The molecule has 0 heterocycles. The molecule has 0 aromatic heterocycles. The molecule has 0 radical (unpaired) electrons. The van der Waals surface area contributed by atoms with Crippen molar-refractivity contribution in [1.29, 1.82) is 0 Å². The first-order valence-corrected chi connectivity index (χ1v) is 9.22. The molecular weight excluding hydrogens is 320 g/mol. The van der Waals surface area contributed by atoms with Crippen LogP contribution in [0.3, 0.4) is 0 Å². The molecule has 1 unspecified atom stereocenters. The lowest BCUT2D eigenvalue weighted by molar-refractivity contribution is -0.149. The maximum Gasteiger partial charge on any atom is 0.303 e. The lowest BCUT2D eigenvalue weighted by atomic mass is 9.99. The van der Waals surface area contributed by atoms with Crippen LogP contribution in [-0.2, 0) is 19.1 Å². The SMILES string of the molecule is CCC=CCC1=C(CCCCC(CCC(=O)O)OC(C)=O)CCC1=O. The number of carbonyl (C=O) groups excluding carboxylic acids is 2. The van der Waals surface area contributed by atoms with Crippen LogP contribution in [0.1, 0.15) is 78.1 Å². The van der Waals surface area contributed by atoms with Crippen LogP contribution in [0, 0.1) is 0 Å². The van der Waals surface area contributed by atoms with Gasteiger partial charge < -0.3 is 9.84 Å². The lowest BCUT2D eigenvalue weighted by Gasteiger charge is -2.16. The molecule has 5 nitrogen and oxygen atoms in total. The quantitative estimate of drug-likeness (QED) is 0.321. The second-order valence-corrected chi connectivity index (χ2v) is 6.50. The minimum absolute atomic E-state index is 0.00547. The molecule has 0 amide bonds. The minimum Gasteiger partial charge on any atom is -0.481 e. The van der Waals surface area contributed by atoms with Crippen molar-refractivity contribution in [1.82, 2.24) is 0 Å². The van der Waals surface area contributed by atoms with E-state index in [-0.39, 0.29) is 24.3 Å². The van der Waals surface area contributed by atoms with Gasteiger partial charge in [0.15, 0.2) is 5.78 Å². The first kappa shape index (κ1) is 21.1. The third-order valence-corrected chi connectivity index (χ3v) is 4.41. The minimum atomic E-state index is -0.878. The van der Waals surface area contributed by atoms with E-state index >= 15 is 0 Å². The Balaban J connectivity index is 2.44. The molecule has 1 aliphatic rings. The fourth-order valence-corrected chi connectivity index (χ4v) is 3.16. The van der Waals surface area contributed by atoms with Gasteiger partial charge in [-0.05, 0) is 56.9 Å². The first-order valence-electron chi connectivity index (χ1n) is 9.22. The molecule has 1 atom stereocenters. The van der Waals surface area contributed by atoms with Gasteiger partial charge in [0, 0.05) is 19.8 Å². The molecular formula is C20H30O5. The third kappa shape index (κ3) is 8.66. The molecule has 1 aliphatic carbocycles. The molecule has 1 N–H and O–H groups in total. The second-order valence-electron chi connectivity index (χ2n) is 6.50. The van der Waals surface area contributed by atoms with Gasteiger partial charge in [-0.2, -0.15) is 0 Å². The predicted octanol–water partition coefficient (Wildman–Crippen LogP) is 4.36. The number of carboxylic acids is 1. The van der Waals surface area contributed by atoms with Crippen molar-refractivity contribution in [3.8, 4) is 0 Å². The van der Waals surface area contributed by atoms with Crippen molar-refractivity contribution in [2.75, 3.05) is 0 Å². The number of hydrogen-bond acceptors (Lipinski definition) is 4. The summed E-state index contributed by atoms with van der Waals surface area (Å²) < 4.78 is 5.20. The Morgan fingerprint density at radius 1 is 1.20 bits per heavy atom. The van der Waals surface area contributed by atoms with E-state index < -0.39 is 5.97 Å². The third-order valence-electron chi connectivity index (χ3n) is 4.41. The number of ketones is 1. The maximum absolute atomic E-state index is 12.0. The van der Waals surface area contributed by atoms with Gasteiger partial charge in [0.2, 0.25) is 0 Å². The van der Waals surface area contributed by atoms with Crippen molar-refractivity contribution in [3.05, 3.63) is 23.3 Å². The van der Waals surface area contributed by atoms with Gasteiger partial charge in [-0.25, -0.2) is 0 Å². The zero-order valence-electron chi connectivity index (χ0n) is 15.4. The molecule has 0 bridgehead atoms. The van der Waals surface area contributed by atoms with Crippen LogP contribution in [0.5, 0.6) is 0 Å². The summed E-state index contributed by atoms with van der Waals surface area (Å²) in [6.07, 6.45) is 10.7. The Hall–Kier alpha value is -1.91. The summed E-state index contributed by atoms with van der Waals surface area (Å²) in [5.74, 6) is -0.976. The van der Waals surface area contributed by atoms with E-state index in [9.17, 15) is 14.4 Å². The molecule has 0 fully saturated rings. The average Bonchev–Trinajstić information content (AvgIpc) is 2.89. The predicted molar refractivity (Wildman–Crippen MR) is 96.2 cm³/mol. The first-order chi connectivity index (χ1) is 11.9. The van der Waals surface area contributed by atoms with Gasteiger partial charge in [0.05, 0.1) is 0 Å². The van der Waals surface area contributed by atoms with Crippen molar-refractivity contribution in [2.45, 2.75) is 84.2 Å². The van der Waals surface area contributed by atoms with E-state index in [1.807, 2.05) is 0 Å². The van der Waals surface area contributed by atoms with E-state index in [1.165, 1.54) is 12.5 Å². The summed E-state index contributed by atoms with van der Waals surface area (Å²) in [5, 5.41) is 8.77. The Labute approximate surface area is 150 Å². The number of carbonyl (C=O) groups is 3. The number of allylic oxidation sites excluding steroid dienone is 4. The van der Waals surface area contributed by atoms with Crippen LogP contribution < -0.4 is 0 Å². The number of hydrogen-bond donors (Lipinski definition) is 1. The molecule has 1 rings (SSSR count). The zero-order chi connectivity index (χ0) is 18.7. The maximum atomic E-state index is 12.0. The number of unbranched alkanes of at least 4 members (excludes halogenated alkanes) is 1. The van der Waals surface area contributed by atoms with Gasteiger partial charge in [0.25, 0.3) is 0 Å². The highest BCUT2D eigenvalue weighted by Crippen LogP contribution is 2.30. The van der Waals surface area contributed by atoms with Crippen LogP contribution in [0.4, 0.5) is 0 Å². The van der Waals surface area contributed by atoms with Gasteiger partial charge >= 0.3 is 11.9 Å². The number of aliphatic carboxylic acids is 1. The summed E-state index contributed by atoms with van der Waals surface area (Å²) in [5.41, 5.74) is 2.24. The summed E-state index contributed by atoms with van der Waals surface area (Å²) in [7, 11) is 0. The summed E-state index contributed by atoms with van der Waals surface area (Å²) in [4.78, 5) is 33.8. The molecule has 0 aliphatic heterocycles. The van der Waals surface area contributed by atoms with E-state index in [0.29, 0.717) is 19.3 Å². The van der Waals surface area contributed by atoms with Crippen LogP contribution in [0.15, 0.2) is 23.3 Å². The topological polar surface area (TPSA) is 80.7 Å². The highest BCUT2D eigenvalue weighted by molar-refractivity contribution is 5.98. The zero-order valence-corrected chi connectivity index (χ0v) is 15.4. The smallest absolute Gasteiger partial charge is 0.303 e. The fourth-order valence-electron chi connectivity index (χ4n) is 3.16. The molecule has 140 valence electrons. The molecule has 0 saturated heterocycles. The fraction of sp³-hybridized carbons (Fsp3) is 0.650. The average molecular weight is 350 g/mol. The molecule has 0 saturated carbocycles. The van der Waals surface area contributed by atoms with Gasteiger partial charge in [-0.3, -0.25) is 14.4 Å². The summed E-state index contributed by atoms with van der Waals surface area (Å²) >= 11 is 0. The second kappa shape index (κ2) is 11.6. The van der Waals surface area contributed by atoms with Gasteiger partial charge in [0.1, 0.15) is 6.10 Å². The van der Waals surface area contributed by atoms with Gasteiger partial charge in [-0.1, -0.05) is 24.6 Å². The van der Waals surface area contributed by atoms with Crippen LogP contribution >= 0.6 is 0 Å². The summed E-state index contributed by atoms with van der Waals surface area (Å²) in [6, 6.07) is 0. The highest BCUT2D eigenvalue weighted by atomic mass is 16.5. The number of esters is 1. The Bertz CT molecular complexity index is 530. The van der Waals surface area contributed by atoms with Crippen LogP contribution in [0.2, 0.25) is 0 Å². The Kier molecular flexibility index (Phi) is 9.81. The van der Waals surface area contributed by atoms with Crippen molar-refractivity contribution >= 4 is 17.7 Å². The Morgan fingerprint density at radius 2 is 1.96 bits per heavy atom. The number of carboxylic acid groups (broad SMARTS) is 1. The molecule has 0 aromatic rings. The van der Waals surface area contributed by atoms with Crippen molar-refractivity contribution in [2.24, 2.45) is 0 Å². The van der Waals surface area contributed by atoms with Gasteiger partial charge in [-0.15, -0.1) is 0 Å². The number of Topliss-reactive ketones (excluding diaryl/α,β-unsaturated/α-hetero) is 1. The van der Waals surface area contributed by atoms with Crippen LogP contribution in [-0.4, -0.2) is 28.9 Å². The number of ether oxygens (including phenoxy) is 1. The van der Waals surface area contributed by atoms with Crippen molar-refractivity contribution < 1.29 is 24.2 Å². The monoisotopic (exact) mass is 350 g/mol. The lowest BCUT2D eigenvalue weighted by Crippen LogP contribution is -2.17. The molecule has 5 heteroatoms. The molecule has 0 spiro atoms.